The van der Waals surface area contributed by atoms with E-state index in [0.717, 1.165) is 12.3 Å². The van der Waals surface area contributed by atoms with Crippen LogP contribution in [0.25, 0.3) is 0 Å². The summed E-state index contributed by atoms with van der Waals surface area (Å²) in [6.45, 7) is 1.63. The second-order valence-corrected chi connectivity index (χ2v) is 6.32. The predicted octanol–water partition coefficient (Wildman–Crippen LogP) is 3.60. The van der Waals surface area contributed by atoms with Gasteiger partial charge in [-0.3, -0.25) is 0 Å². The lowest BCUT2D eigenvalue weighted by Gasteiger charge is -2.42. The zero-order valence-corrected chi connectivity index (χ0v) is 12.7. The van der Waals surface area contributed by atoms with Crippen LogP contribution in [0.4, 0.5) is 18.9 Å². The van der Waals surface area contributed by atoms with E-state index in [4.69, 9.17) is 5.21 Å². The molecule has 0 aliphatic heterocycles. The molecule has 0 aromatic heterocycles. The number of nitrogens with zero attached hydrogens (tertiary/aromatic N) is 1. The van der Waals surface area contributed by atoms with Crippen LogP contribution in [-0.2, 0) is 6.18 Å². The Balaban J connectivity index is 2.40. The molecular formula is C13H14BrF3N2O2. The fourth-order valence-corrected chi connectivity index (χ4v) is 2.96. The minimum atomic E-state index is -4.55. The van der Waals surface area contributed by atoms with Gasteiger partial charge in [0.05, 0.1) is 23.1 Å². The van der Waals surface area contributed by atoms with Crippen molar-refractivity contribution in [2.45, 2.75) is 37.6 Å². The Kier molecular flexibility index (Phi) is 4.21. The highest BCUT2D eigenvalue weighted by Crippen LogP contribution is 2.41. The Bertz CT molecular complexity index is 565. The van der Waals surface area contributed by atoms with Gasteiger partial charge in [-0.15, -0.1) is 0 Å². The monoisotopic (exact) mass is 366 g/mol. The maximum absolute atomic E-state index is 13.2. The quantitative estimate of drug-likeness (QED) is 0.435. The van der Waals surface area contributed by atoms with Crippen LogP contribution in [0.5, 0.6) is 0 Å². The predicted molar refractivity (Wildman–Crippen MR) is 75.8 cm³/mol. The molecule has 0 heterocycles. The third kappa shape index (κ3) is 3.68. The average Bonchev–Trinajstić information content (AvgIpc) is 2.28. The van der Waals surface area contributed by atoms with E-state index in [1.165, 1.54) is 6.07 Å². The second-order valence-electron chi connectivity index (χ2n) is 5.41. The van der Waals surface area contributed by atoms with Crippen molar-refractivity contribution in [1.82, 2.24) is 0 Å². The summed E-state index contributed by atoms with van der Waals surface area (Å²) in [5.41, 5.74) is -1.73. The van der Waals surface area contributed by atoms with Crippen LogP contribution in [0.15, 0.2) is 21.8 Å². The summed E-state index contributed by atoms with van der Waals surface area (Å²) < 4.78 is 39.7. The van der Waals surface area contributed by atoms with Crippen molar-refractivity contribution in [2.75, 3.05) is 5.32 Å². The molecule has 1 fully saturated rings. The van der Waals surface area contributed by atoms with E-state index in [1.807, 2.05) is 0 Å². The second kappa shape index (κ2) is 5.49. The molecule has 1 aliphatic carbocycles. The first kappa shape index (κ1) is 16.1. The van der Waals surface area contributed by atoms with Gasteiger partial charge in [0.2, 0.25) is 0 Å². The van der Waals surface area contributed by atoms with E-state index in [-0.39, 0.29) is 21.8 Å². The summed E-state index contributed by atoms with van der Waals surface area (Å²) in [4.78, 5) is 0. The van der Waals surface area contributed by atoms with E-state index in [1.54, 1.807) is 6.92 Å². The van der Waals surface area contributed by atoms with E-state index in [9.17, 15) is 18.3 Å². The lowest BCUT2D eigenvalue weighted by Crippen LogP contribution is -2.48. The highest BCUT2D eigenvalue weighted by Gasteiger charge is 2.41. The Morgan fingerprint density at radius 3 is 2.52 bits per heavy atom. The maximum atomic E-state index is 13.2. The van der Waals surface area contributed by atoms with Crippen molar-refractivity contribution < 1.29 is 23.5 Å². The molecule has 0 saturated heterocycles. The van der Waals surface area contributed by atoms with Crippen molar-refractivity contribution in [3.05, 3.63) is 27.7 Å². The molecule has 2 rings (SSSR count). The van der Waals surface area contributed by atoms with Gasteiger partial charge in [0.15, 0.2) is 0 Å². The number of halogens is 4. The third-order valence-electron chi connectivity index (χ3n) is 3.36. The molecule has 1 aliphatic rings. The first-order valence-electron chi connectivity index (χ1n) is 6.19. The van der Waals surface area contributed by atoms with Gasteiger partial charge >= 0.3 is 6.18 Å². The molecule has 21 heavy (non-hydrogen) atoms. The topological polar surface area (TPSA) is 64.8 Å². The summed E-state index contributed by atoms with van der Waals surface area (Å²) in [5, 5.41) is 23.9. The molecule has 116 valence electrons. The standard InChI is InChI=1S/C13H14BrF3N2O2/c1-12(20)4-9(5-12)19-11-7(6-18-21)2-8(14)3-10(11)13(15,16)17/h2-3,6,9,19-21H,4-5H2,1H3/b18-6+. The molecule has 1 aromatic carbocycles. The van der Waals surface area contributed by atoms with Gasteiger partial charge in [-0.2, -0.15) is 13.2 Å². The van der Waals surface area contributed by atoms with Gasteiger partial charge in [-0.05, 0) is 31.9 Å². The number of rotatable bonds is 3. The van der Waals surface area contributed by atoms with Crippen LogP contribution in [0, 0.1) is 0 Å². The highest BCUT2D eigenvalue weighted by molar-refractivity contribution is 9.10. The molecule has 0 radical (unpaired) electrons. The van der Waals surface area contributed by atoms with Crippen molar-refractivity contribution in [2.24, 2.45) is 5.16 Å². The minimum Gasteiger partial charge on any atom is -0.411 e. The normalized spacial score (nSPS) is 25.9. The molecule has 0 spiro atoms. The van der Waals surface area contributed by atoms with Crippen molar-refractivity contribution in [1.29, 1.82) is 0 Å². The number of oxime groups is 1. The molecule has 0 unspecified atom stereocenters. The Morgan fingerprint density at radius 1 is 1.43 bits per heavy atom. The van der Waals surface area contributed by atoms with Gasteiger partial charge in [0.1, 0.15) is 0 Å². The number of nitrogens with one attached hydrogen (secondary N) is 1. The Morgan fingerprint density at radius 2 is 2.05 bits per heavy atom. The third-order valence-corrected chi connectivity index (χ3v) is 3.81. The molecule has 0 amide bonds. The first-order chi connectivity index (χ1) is 9.62. The Labute approximate surface area is 127 Å². The lowest BCUT2D eigenvalue weighted by atomic mass is 9.77. The number of hydrogen-bond donors (Lipinski definition) is 3. The van der Waals surface area contributed by atoms with Gasteiger partial charge in [0, 0.05) is 16.1 Å². The van der Waals surface area contributed by atoms with Gasteiger partial charge in [-0.1, -0.05) is 21.1 Å². The van der Waals surface area contributed by atoms with Crippen LogP contribution >= 0.6 is 15.9 Å². The zero-order chi connectivity index (χ0) is 15.8. The van der Waals surface area contributed by atoms with Gasteiger partial charge < -0.3 is 15.6 Å². The Hall–Kier alpha value is -1.28. The fourth-order valence-electron chi connectivity index (χ4n) is 2.48. The molecule has 1 saturated carbocycles. The largest absolute Gasteiger partial charge is 0.418 e. The number of hydrogen-bond acceptors (Lipinski definition) is 4. The molecule has 0 atom stereocenters. The zero-order valence-electron chi connectivity index (χ0n) is 11.1. The maximum Gasteiger partial charge on any atom is 0.418 e. The summed E-state index contributed by atoms with van der Waals surface area (Å²) in [6.07, 6.45) is -2.89. The van der Waals surface area contributed by atoms with Crippen LogP contribution in [0.1, 0.15) is 30.9 Å². The highest BCUT2D eigenvalue weighted by atomic mass is 79.9. The fraction of sp³-hybridized carbons (Fsp3) is 0.462. The number of aliphatic hydroxyl groups is 1. The summed E-state index contributed by atoms with van der Waals surface area (Å²) in [7, 11) is 0. The summed E-state index contributed by atoms with van der Waals surface area (Å²) in [5.74, 6) is 0. The summed E-state index contributed by atoms with van der Waals surface area (Å²) in [6, 6.07) is 2.13. The summed E-state index contributed by atoms with van der Waals surface area (Å²) >= 11 is 3.01. The van der Waals surface area contributed by atoms with Crippen molar-refractivity contribution in [3.8, 4) is 0 Å². The molecule has 8 heteroatoms. The minimum absolute atomic E-state index is 0.116. The first-order valence-corrected chi connectivity index (χ1v) is 6.99. The van der Waals surface area contributed by atoms with E-state index in [0.29, 0.717) is 12.8 Å². The smallest absolute Gasteiger partial charge is 0.411 e. The van der Waals surface area contributed by atoms with E-state index in [2.05, 4.69) is 26.4 Å². The molecule has 1 aromatic rings. The van der Waals surface area contributed by atoms with Crippen LogP contribution in [0.2, 0.25) is 0 Å². The number of alkyl halides is 3. The van der Waals surface area contributed by atoms with E-state index >= 15 is 0 Å². The number of benzene rings is 1. The lowest BCUT2D eigenvalue weighted by molar-refractivity contribution is -0.137. The van der Waals surface area contributed by atoms with Crippen molar-refractivity contribution >= 4 is 27.8 Å². The van der Waals surface area contributed by atoms with Crippen LogP contribution < -0.4 is 5.32 Å². The van der Waals surface area contributed by atoms with Gasteiger partial charge in [0.25, 0.3) is 0 Å². The van der Waals surface area contributed by atoms with Crippen molar-refractivity contribution in [3.63, 3.8) is 0 Å². The molecular weight excluding hydrogens is 353 g/mol. The SMILES string of the molecule is CC1(O)CC(Nc2c(/C=N/O)cc(Br)cc2C(F)(F)F)C1. The number of anilines is 1. The molecule has 0 bridgehead atoms. The van der Waals surface area contributed by atoms with Gasteiger partial charge in [-0.25, -0.2) is 0 Å². The van der Waals surface area contributed by atoms with Crippen LogP contribution in [-0.4, -0.2) is 28.2 Å². The van der Waals surface area contributed by atoms with Crippen LogP contribution in [0.3, 0.4) is 0 Å². The molecule has 4 nitrogen and oxygen atoms in total. The average molecular weight is 367 g/mol. The van der Waals surface area contributed by atoms with E-state index < -0.39 is 17.3 Å². The molecule has 3 N–H and O–H groups in total.